The molecule has 7 nitrogen and oxygen atoms in total. The zero-order valence-electron chi connectivity index (χ0n) is 10.8. The molecule has 0 bridgehead atoms. The van der Waals surface area contributed by atoms with Crippen LogP contribution in [0.3, 0.4) is 0 Å². The van der Waals surface area contributed by atoms with Crippen LogP contribution in [0.25, 0.3) is 0 Å². The third-order valence-electron chi connectivity index (χ3n) is 2.49. The van der Waals surface area contributed by atoms with Crippen molar-refractivity contribution in [2.24, 2.45) is 0 Å². The van der Waals surface area contributed by atoms with Gasteiger partial charge in [0, 0.05) is 0 Å². The molecular weight excluding hydrogens is 334 g/mol. The Hall–Kier alpha value is -1.80. The topological polar surface area (TPSA) is 105 Å². The largest absolute Gasteiger partial charge is 0.497 e. The van der Waals surface area contributed by atoms with E-state index in [4.69, 9.17) is 19.7 Å². The lowest BCUT2D eigenvalue weighted by Gasteiger charge is -2.15. The summed E-state index contributed by atoms with van der Waals surface area (Å²) in [6.45, 7) is -0.714. The summed E-state index contributed by atoms with van der Waals surface area (Å²) < 4.78 is 10.6. The number of ether oxygens (including phenoxy) is 2. The smallest absolute Gasteiger partial charge is 0.328 e. The van der Waals surface area contributed by atoms with Crippen molar-refractivity contribution in [1.82, 2.24) is 5.32 Å². The second-order valence-corrected chi connectivity index (χ2v) is 4.59. The minimum absolute atomic E-state index is 0.0958. The number of hydrogen-bond donors (Lipinski definition) is 3. The van der Waals surface area contributed by atoms with E-state index in [0.717, 1.165) is 0 Å². The summed E-state index contributed by atoms with van der Waals surface area (Å²) in [5.41, 5.74) is 0.0958. The highest BCUT2D eigenvalue weighted by molar-refractivity contribution is 9.10. The first-order valence-electron chi connectivity index (χ1n) is 5.50. The predicted octanol–water partition coefficient (Wildman–Crippen LogP) is 0.642. The summed E-state index contributed by atoms with van der Waals surface area (Å²) in [5.74, 6) is -1.38. The number of carboxylic acids is 1. The van der Waals surface area contributed by atoms with Gasteiger partial charge < -0.3 is 25.0 Å². The molecule has 0 heterocycles. The molecule has 8 heteroatoms. The monoisotopic (exact) mass is 347 g/mol. The van der Waals surface area contributed by atoms with E-state index < -0.39 is 24.5 Å². The molecule has 1 amide bonds. The number of methoxy groups -OCH3 is 2. The quantitative estimate of drug-likeness (QED) is 0.697. The number of carbonyl (C=O) groups is 2. The van der Waals surface area contributed by atoms with Crippen LogP contribution in [0.2, 0.25) is 0 Å². The van der Waals surface area contributed by atoms with Crippen LogP contribution in [0, 0.1) is 0 Å². The first-order chi connectivity index (χ1) is 9.44. The second-order valence-electron chi connectivity index (χ2n) is 3.74. The van der Waals surface area contributed by atoms with Crippen LogP contribution in [0.15, 0.2) is 16.6 Å². The number of aliphatic hydroxyl groups is 1. The maximum atomic E-state index is 12.1. The molecule has 0 aromatic heterocycles. The molecule has 0 aliphatic heterocycles. The van der Waals surface area contributed by atoms with Crippen molar-refractivity contribution in [2.45, 2.75) is 6.04 Å². The molecule has 1 rings (SSSR count). The van der Waals surface area contributed by atoms with Crippen LogP contribution in [0.5, 0.6) is 11.5 Å². The molecule has 0 saturated heterocycles. The Morgan fingerprint density at radius 2 is 2.00 bits per heavy atom. The Balaban J connectivity index is 3.13. The van der Waals surface area contributed by atoms with Crippen molar-refractivity contribution in [2.75, 3.05) is 20.8 Å². The molecule has 0 unspecified atom stereocenters. The van der Waals surface area contributed by atoms with Crippen molar-refractivity contribution in [3.8, 4) is 11.5 Å². The van der Waals surface area contributed by atoms with E-state index in [1.165, 1.54) is 20.3 Å². The Bertz CT molecular complexity index is 519. The van der Waals surface area contributed by atoms with Gasteiger partial charge in [-0.15, -0.1) is 0 Å². The number of nitrogens with one attached hydrogen (secondary N) is 1. The van der Waals surface area contributed by atoms with Crippen molar-refractivity contribution < 1.29 is 29.3 Å². The second kappa shape index (κ2) is 7.11. The van der Waals surface area contributed by atoms with E-state index in [0.29, 0.717) is 10.2 Å². The van der Waals surface area contributed by atoms with Gasteiger partial charge in [-0.25, -0.2) is 4.79 Å². The molecule has 0 spiro atoms. The molecule has 1 aromatic carbocycles. The van der Waals surface area contributed by atoms with Crippen LogP contribution in [-0.4, -0.2) is 49.0 Å². The first-order valence-corrected chi connectivity index (χ1v) is 6.30. The zero-order valence-corrected chi connectivity index (χ0v) is 12.4. The van der Waals surface area contributed by atoms with Crippen molar-refractivity contribution >= 4 is 27.8 Å². The van der Waals surface area contributed by atoms with E-state index in [9.17, 15) is 9.59 Å². The van der Waals surface area contributed by atoms with E-state index in [2.05, 4.69) is 21.2 Å². The number of carboxylic acid groups (broad SMARTS) is 1. The lowest BCUT2D eigenvalue weighted by Crippen LogP contribution is -2.43. The van der Waals surface area contributed by atoms with Gasteiger partial charge in [0.05, 0.1) is 30.9 Å². The lowest BCUT2D eigenvalue weighted by atomic mass is 10.1. The van der Waals surface area contributed by atoms with Crippen LogP contribution >= 0.6 is 15.9 Å². The average molecular weight is 348 g/mol. The Morgan fingerprint density at radius 3 is 2.45 bits per heavy atom. The number of carbonyl (C=O) groups excluding carboxylic acids is 1. The molecule has 1 aromatic rings. The fourth-order valence-electron chi connectivity index (χ4n) is 1.48. The van der Waals surface area contributed by atoms with Gasteiger partial charge in [-0.05, 0) is 28.1 Å². The van der Waals surface area contributed by atoms with Crippen LogP contribution in [-0.2, 0) is 4.79 Å². The van der Waals surface area contributed by atoms with Crippen molar-refractivity contribution in [3.05, 3.63) is 22.2 Å². The summed E-state index contributed by atoms with van der Waals surface area (Å²) >= 11 is 3.23. The maximum absolute atomic E-state index is 12.1. The van der Waals surface area contributed by atoms with Gasteiger partial charge in [-0.1, -0.05) is 0 Å². The highest BCUT2D eigenvalue weighted by Crippen LogP contribution is 2.33. The fraction of sp³-hybridized carbons (Fsp3) is 0.333. The number of halogens is 1. The number of benzene rings is 1. The molecular formula is C12H14BrNO6. The lowest BCUT2D eigenvalue weighted by molar-refractivity contribution is -0.140. The Morgan fingerprint density at radius 1 is 1.35 bits per heavy atom. The zero-order chi connectivity index (χ0) is 15.3. The first kappa shape index (κ1) is 16.3. The van der Waals surface area contributed by atoms with Crippen molar-refractivity contribution in [3.63, 3.8) is 0 Å². The summed E-state index contributed by atoms with van der Waals surface area (Å²) in [6.07, 6.45) is 0. The summed E-state index contributed by atoms with van der Waals surface area (Å²) in [4.78, 5) is 22.9. The van der Waals surface area contributed by atoms with Gasteiger partial charge in [-0.2, -0.15) is 0 Å². The van der Waals surface area contributed by atoms with E-state index in [1.54, 1.807) is 6.07 Å². The molecule has 110 valence electrons. The van der Waals surface area contributed by atoms with Crippen LogP contribution in [0.1, 0.15) is 10.4 Å². The minimum atomic E-state index is -1.39. The number of amides is 1. The summed E-state index contributed by atoms with van der Waals surface area (Å²) in [7, 11) is 2.81. The number of aliphatic hydroxyl groups excluding tert-OH is 1. The van der Waals surface area contributed by atoms with E-state index >= 15 is 0 Å². The summed E-state index contributed by atoms with van der Waals surface area (Å²) in [6, 6.07) is 1.63. The number of rotatable bonds is 6. The van der Waals surface area contributed by atoms with Crippen LogP contribution in [0.4, 0.5) is 0 Å². The molecule has 0 aliphatic rings. The number of aliphatic carboxylic acids is 1. The van der Waals surface area contributed by atoms with Gasteiger partial charge in [0.25, 0.3) is 5.91 Å². The fourth-order valence-corrected chi connectivity index (χ4v) is 2.09. The molecule has 0 radical (unpaired) electrons. The minimum Gasteiger partial charge on any atom is -0.497 e. The SMILES string of the molecule is COc1cc(Br)c(OC)c(C(=O)N[C@H](CO)C(=O)O)c1. The van der Waals surface area contributed by atoms with Crippen molar-refractivity contribution in [1.29, 1.82) is 0 Å². The third kappa shape index (κ3) is 3.61. The van der Waals surface area contributed by atoms with E-state index in [-0.39, 0.29) is 11.3 Å². The van der Waals surface area contributed by atoms with E-state index in [1.807, 2.05) is 0 Å². The maximum Gasteiger partial charge on any atom is 0.328 e. The van der Waals surface area contributed by atoms with Gasteiger partial charge in [-0.3, -0.25) is 4.79 Å². The molecule has 0 aliphatic carbocycles. The highest BCUT2D eigenvalue weighted by Gasteiger charge is 2.23. The van der Waals surface area contributed by atoms with Gasteiger partial charge >= 0.3 is 5.97 Å². The van der Waals surface area contributed by atoms with Crippen LogP contribution < -0.4 is 14.8 Å². The molecule has 0 fully saturated rings. The van der Waals surface area contributed by atoms with Gasteiger partial charge in [0.2, 0.25) is 0 Å². The number of hydrogen-bond acceptors (Lipinski definition) is 5. The summed E-state index contributed by atoms with van der Waals surface area (Å²) in [5, 5.41) is 19.9. The molecule has 3 N–H and O–H groups in total. The van der Waals surface area contributed by atoms with Gasteiger partial charge in [0.1, 0.15) is 11.5 Å². The third-order valence-corrected chi connectivity index (χ3v) is 3.08. The Labute approximate surface area is 123 Å². The molecule has 0 saturated carbocycles. The average Bonchev–Trinajstić information content (AvgIpc) is 2.42. The molecule has 20 heavy (non-hydrogen) atoms. The van der Waals surface area contributed by atoms with Gasteiger partial charge in [0.15, 0.2) is 6.04 Å². The Kier molecular flexibility index (Phi) is 5.78. The normalized spacial score (nSPS) is 11.6. The predicted molar refractivity (Wildman–Crippen MR) is 73.2 cm³/mol. The standard InChI is InChI=1S/C12H14BrNO6/c1-19-6-3-7(10(20-2)8(13)4-6)11(16)14-9(5-15)12(17)18/h3-4,9,15H,5H2,1-2H3,(H,14,16)(H,17,18)/t9-/m1/s1. The molecule has 1 atom stereocenters. The highest BCUT2D eigenvalue weighted by atomic mass is 79.9.